The Bertz CT molecular complexity index is 464. The predicted molar refractivity (Wildman–Crippen MR) is 79.5 cm³/mol. The molecule has 114 valence electrons. The van der Waals surface area contributed by atoms with E-state index in [1.165, 1.54) is 11.3 Å². The van der Waals surface area contributed by atoms with Gasteiger partial charge in [-0.2, -0.15) is 5.10 Å². The second-order valence-electron chi connectivity index (χ2n) is 5.61. The third-order valence-corrected chi connectivity index (χ3v) is 3.80. The molecule has 0 aromatic carbocycles. The monoisotopic (exact) mass is 281 g/mol. The van der Waals surface area contributed by atoms with Gasteiger partial charge in [-0.3, -0.25) is 9.48 Å². The quantitative estimate of drug-likeness (QED) is 0.615. The van der Waals surface area contributed by atoms with Crippen LogP contribution < -0.4 is 5.73 Å². The zero-order valence-electron chi connectivity index (χ0n) is 13.3. The Kier molecular flexibility index (Phi) is 5.74. The number of nitrogens with two attached hydrogens (primary N) is 1. The molecule has 1 heterocycles. The molecule has 0 aliphatic heterocycles. The minimum absolute atomic E-state index is 0.318. The molecule has 5 nitrogen and oxygen atoms in total. The lowest BCUT2D eigenvalue weighted by atomic mass is 9.96. The molecule has 0 radical (unpaired) electrons. The number of esters is 1. The van der Waals surface area contributed by atoms with E-state index in [9.17, 15) is 4.79 Å². The summed E-state index contributed by atoms with van der Waals surface area (Å²) in [6.45, 7) is 11.0. The maximum atomic E-state index is 11.7. The molecule has 0 amide bonds. The van der Waals surface area contributed by atoms with Crippen molar-refractivity contribution in [3.8, 4) is 0 Å². The Labute approximate surface area is 121 Å². The van der Waals surface area contributed by atoms with Gasteiger partial charge in [-0.05, 0) is 59.4 Å². The number of aromatic nitrogens is 2. The first kappa shape index (κ1) is 16.7. The Morgan fingerprint density at radius 3 is 2.50 bits per heavy atom. The molecule has 0 aliphatic rings. The van der Waals surface area contributed by atoms with Gasteiger partial charge >= 0.3 is 5.97 Å². The van der Waals surface area contributed by atoms with E-state index in [0.717, 1.165) is 25.1 Å². The molecule has 20 heavy (non-hydrogen) atoms. The number of hydrogen-bond acceptors (Lipinski definition) is 4. The van der Waals surface area contributed by atoms with E-state index >= 15 is 0 Å². The highest BCUT2D eigenvalue weighted by Crippen LogP contribution is 2.15. The Balaban J connectivity index is 2.41. The largest absolute Gasteiger partial charge is 0.465 e. The van der Waals surface area contributed by atoms with Crippen molar-refractivity contribution in [2.24, 2.45) is 5.73 Å². The third kappa shape index (κ3) is 4.07. The number of unbranched alkanes of at least 4 members (excludes halogenated alkanes) is 1. The summed E-state index contributed by atoms with van der Waals surface area (Å²) in [6.07, 6.45) is 2.46. The topological polar surface area (TPSA) is 70.1 Å². The molecule has 0 bridgehead atoms. The first-order valence-corrected chi connectivity index (χ1v) is 7.26. The van der Waals surface area contributed by atoms with E-state index in [0.29, 0.717) is 13.0 Å². The second-order valence-corrected chi connectivity index (χ2v) is 5.61. The molecular formula is C15H27N3O2. The van der Waals surface area contributed by atoms with Crippen LogP contribution in [-0.4, -0.2) is 27.9 Å². The highest BCUT2D eigenvalue weighted by Gasteiger charge is 2.29. The average Bonchev–Trinajstić information content (AvgIpc) is 2.62. The molecule has 0 spiro atoms. The van der Waals surface area contributed by atoms with Gasteiger partial charge in [0.15, 0.2) is 0 Å². The Hall–Kier alpha value is -1.36. The van der Waals surface area contributed by atoms with Gasteiger partial charge in [0, 0.05) is 12.2 Å². The lowest BCUT2D eigenvalue weighted by molar-refractivity contribution is -0.149. The van der Waals surface area contributed by atoms with E-state index in [1.807, 2.05) is 11.6 Å². The van der Waals surface area contributed by atoms with Crippen LogP contribution in [0.15, 0.2) is 0 Å². The summed E-state index contributed by atoms with van der Waals surface area (Å²) in [4.78, 5) is 11.7. The summed E-state index contributed by atoms with van der Waals surface area (Å²) >= 11 is 0. The lowest BCUT2D eigenvalue weighted by Gasteiger charge is -2.22. The van der Waals surface area contributed by atoms with Crippen LogP contribution in [0.5, 0.6) is 0 Å². The number of hydrogen-bond donors (Lipinski definition) is 1. The average molecular weight is 281 g/mol. The highest BCUT2D eigenvalue weighted by atomic mass is 16.5. The van der Waals surface area contributed by atoms with Crippen molar-refractivity contribution in [2.75, 3.05) is 6.61 Å². The molecule has 1 unspecified atom stereocenters. The number of rotatable bonds is 7. The van der Waals surface area contributed by atoms with E-state index in [4.69, 9.17) is 10.5 Å². The fraction of sp³-hybridized carbons (Fsp3) is 0.733. The smallest absolute Gasteiger partial charge is 0.325 e. The molecular weight excluding hydrogens is 254 g/mol. The molecule has 0 aliphatic carbocycles. The molecule has 0 saturated heterocycles. The van der Waals surface area contributed by atoms with E-state index < -0.39 is 5.54 Å². The van der Waals surface area contributed by atoms with Crippen LogP contribution in [0.1, 0.15) is 50.1 Å². The summed E-state index contributed by atoms with van der Waals surface area (Å²) in [5.41, 5.74) is 8.64. The van der Waals surface area contributed by atoms with Crippen molar-refractivity contribution in [3.63, 3.8) is 0 Å². The molecule has 0 fully saturated rings. The number of nitrogens with zero attached hydrogens (tertiary/aromatic N) is 2. The van der Waals surface area contributed by atoms with Crippen LogP contribution in [0.25, 0.3) is 0 Å². The van der Waals surface area contributed by atoms with Gasteiger partial charge in [0.2, 0.25) is 0 Å². The van der Waals surface area contributed by atoms with E-state index in [-0.39, 0.29) is 5.97 Å². The van der Waals surface area contributed by atoms with Gasteiger partial charge < -0.3 is 10.5 Å². The highest BCUT2D eigenvalue weighted by molar-refractivity contribution is 5.79. The second kappa shape index (κ2) is 6.88. The first-order chi connectivity index (χ1) is 9.29. The van der Waals surface area contributed by atoms with Crippen molar-refractivity contribution < 1.29 is 9.53 Å². The van der Waals surface area contributed by atoms with Crippen molar-refractivity contribution in [1.29, 1.82) is 0 Å². The van der Waals surface area contributed by atoms with Crippen LogP contribution in [0.2, 0.25) is 0 Å². The van der Waals surface area contributed by atoms with Gasteiger partial charge in [-0.15, -0.1) is 0 Å². The molecule has 5 heteroatoms. The van der Waals surface area contributed by atoms with Crippen LogP contribution in [-0.2, 0) is 16.1 Å². The summed E-state index contributed by atoms with van der Waals surface area (Å²) in [7, 11) is 0. The van der Waals surface area contributed by atoms with Crippen LogP contribution in [0, 0.1) is 20.8 Å². The SMILES string of the molecule is CCOC(=O)C(C)(N)CCCCn1nc(C)c(C)c1C. The number of aryl methyl sites for hydroxylation is 2. The first-order valence-electron chi connectivity index (χ1n) is 7.26. The fourth-order valence-electron chi connectivity index (χ4n) is 2.16. The van der Waals surface area contributed by atoms with Crippen LogP contribution >= 0.6 is 0 Å². The molecule has 1 rings (SSSR count). The van der Waals surface area contributed by atoms with Crippen molar-refractivity contribution in [3.05, 3.63) is 17.0 Å². The third-order valence-electron chi connectivity index (χ3n) is 3.80. The van der Waals surface area contributed by atoms with Gasteiger partial charge in [-0.25, -0.2) is 0 Å². The van der Waals surface area contributed by atoms with Crippen molar-refractivity contribution >= 4 is 5.97 Å². The Morgan fingerprint density at radius 2 is 2.00 bits per heavy atom. The van der Waals surface area contributed by atoms with Crippen LogP contribution in [0.4, 0.5) is 0 Å². The zero-order chi connectivity index (χ0) is 15.3. The molecule has 1 aromatic heterocycles. The van der Waals surface area contributed by atoms with Crippen LogP contribution in [0.3, 0.4) is 0 Å². The number of ether oxygens (including phenoxy) is 1. The lowest BCUT2D eigenvalue weighted by Crippen LogP contribution is -2.46. The van der Waals surface area contributed by atoms with Gasteiger partial charge in [0.25, 0.3) is 0 Å². The maximum absolute atomic E-state index is 11.7. The fourth-order valence-corrected chi connectivity index (χ4v) is 2.16. The molecule has 1 aromatic rings. The molecule has 2 N–H and O–H groups in total. The minimum Gasteiger partial charge on any atom is -0.465 e. The van der Waals surface area contributed by atoms with Gasteiger partial charge in [0.1, 0.15) is 5.54 Å². The minimum atomic E-state index is -0.888. The van der Waals surface area contributed by atoms with E-state index in [1.54, 1.807) is 13.8 Å². The van der Waals surface area contributed by atoms with Gasteiger partial charge in [-0.1, -0.05) is 0 Å². The summed E-state index contributed by atoms with van der Waals surface area (Å²) in [5, 5.41) is 4.50. The number of carbonyl (C=O) groups excluding carboxylic acids is 1. The normalized spacial score (nSPS) is 14.1. The predicted octanol–water partition coefficient (Wildman–Crippen LogP) is 2.26. The summed E-state index contributed by atoms with van der Waals surface area (Å²) in [6, 6.07) is 0. The number of carbonyl (C=O) groups is 1. The maximum Gasteiger partial charge on any atom is 0.325 e. The van der Waals surface area contributed by atoms with Gasteiger partial charge in [0.05, 0.1) is 12.3 Å². The molecule has 1 atom stereocenters. The van der Waals surface area contributed by atoms with Crippen molar-refractivity contribution in [2.45, 2.75) is 66.0 Å². The molecule has 0 saturated carbocycles. The zero-order valence-corrected chi connectivity index (χ0v) is 13.3. The summed E-state index contributed by atoms with van der Waals surface area (Å²) in [5.74, 6) is -0.318. The van der Waals surface area contributed by atoms with E-state index in [2.05, 4.69) is 18.9 Å². The Morgan fingerprint density at radius 1 is 1.35 bits per heavy atom. The standard InChI is InChI=1S/C15H27N3O2/c1-6-20-14(19)15(5,16)9-7-8-10-18-13(4)11(2)12(3)17-18/h6-10,16H2,1-5H3. The van der Waals surface area contributed by atoms with Crippen molar-refractivity contribution in [1.82, 2.24) is 9.78 Å². The summed E-state index contributed by atoms with van der Waals surface area (Å²) < 4.78 is 7.01.